The molecule has 1 aromatic carbocycles. The zero-order valence-electron chi connectivity index (χ0n) is 12.5. The molecule has 22 heavy (non-hydrogen) atoms. The number of rotatable bonds is 3. The maximum absolute atomic E-state index is 4.79. The molecule has 0 aliphatic carbocycles. The lowest BCUT2D eigenvalue weighted by Crippen LogP contribution is -2.35. The Bertz CT molecular complexity index is 746. The molecule has 1 saturated heterocycles. The average Bonchev–Trinajstić information content (AvgIpc) is 3.13. The van der Waals surface area contributed by atoms with E-state index in [2.05, 4.69) is 40.5 Å². The van der Waals surface area contributed by atoms with E-state index in [0.717, 1.165) is 24.4 Å². The van der Waals surface area contributed by atoms with Crippen LogP contribution in [-0.2, 0) is 13.6 Å². The summed E-state index contributed by atoms with van der Waals surface area (Å²) in [5.74, 6) is 2.33. The highest BCUT2D eigenvalue weighted by Crippen LogP contribution is 2.32. The molecule has 0 N–H and O–H groups in total. The Hall–Kier alpha value is -1.37. The summed E-state index contributed by atoms with van der Waals surface area (Å²) < 4.78 is 3.17. The fourth-order valence-electron chi connectivity index (χ4n) is 2.91. The Kier molecular flexibility index (Phi) is 3.90. The van der Waals surface area contributed by atoms with Gasteiger partial charge in [0.05, 0.1) is 23.0 Å². The first-order valence-corrected chi connectivity index (χ1v) is 9.41. The van der Waals surface area contributed by atoms with Gasteiger partial charge in [-0.3, -0.25) is 9.58 Å². The van der Waals surface area contributed by atoms with Crippen molar-refractivity contribution in [1.82, 2.24) is 19.7 Å². The lowest BCUT2D eigenvalue weighted by atomic mass is 10.1. The van der Waals surface area contributed by atoms with Crippen molar-refractivity contribution >= 4 is 33.3 Å². The smallest absolute Gasteiger partial charge is 0.108 e. The zero-order chi connectivity index (χ0) is 14.9. The van der Waals surface area contributed by atoms with E-state index in [1.54, 1.807) is 0 Å². The number of para-hydroxylation sites is 1. The molecule has 4 nitrogen and oxygen atoms in total. The van der Waals surface area contributed by atoms with E-state index in [1.807, 2.05) is 41.0 Å². The van der Waals surface area contributed by atoms with Gasteiger partial charge < -0.3 is 0 Å². The molecule has 114 valence electrons. The first kappa shape index (κ1) is 14.2. The third-order valence-corrected chi connectivity index (χ3v) is 6.07. The van der Waals surface area contributed by atoms with Crippen LogP contribution in [0.2, 0.25) is 0 Å². The monoisotopic (exact) mass is 330 g/mol. The molecule has 2 aromatic heterocycles. The van der Waals surface area contributed by atoms with Gasteiger partial charge in [0.2, 0.25) is 0 Å². The summed E-state index contributed by atoms with van der Waals surface area (Å²) in [5.41, 5.74) is 2.43. The molecule has 3 heterocycles. The molecule has 6 heteroatoms. The molecule has 1 fully saturated rings. The van der Waals surface area contributed by atoms with E-state index < -0.39 is 0 Å². The van der Waals surface area contributed by atoms with Crippen molar-refractivity contribution in [2.45, 2.75) is 12.6 Å². The fraction of sp³-hybridized carbons (Fsp3) is 0.375. The largest absolute Gasteiger partial charge is 0.288 e. The molecule has 0 spiro atoms. The van der Waals surface area contributed by atoms with Gasteiger partial charge in [0, 0.05) is 42.9 Å². The highest BCUT2D eigenvalue weighted by Gasteiger charge is 2.26. The van der Waals surface area contributed by atoms with Crippen molar-refractivity contribution < 1.29 is 0 Å². The van der Waals surface area contributed by atoms with Gasteiger partial charge >= 0.3 is 0 Å². The van der Waals surface area contributed by atoms with Crippen molar-refractivity contribution in [2.75, 3.05) is 18.1 Å². The minimum atomic E-state index is 0.444. The van der Waals surface area contributed by atoms with Crippen LogP contribution in [0.5, 0.6) is 0 Å². The molecule has 1 aliphatic heterocycles. The van der Waals surface area contributed by atoms with Gasteiger partial charge in [-0.15, -0.1) is 11.3 Å². The first-order chi connectivity index (χ1) is 10.8. The Morgan fingerprint density at radius 3 is 3.05 bits per heavy atom. The minimum Gasteiger partial charge on any atom is -0.288 e. The number of aryl methyl sites for hydroxylation is 1. The van der Waals surface area contributed by atoms with Crippen LogP contribution in [0.25, 0.3) is 10.2 Å². The van der Waals surface area contributed by atoms with Crippen molar-refractivity contribution in [3.05, 3.63) is 47.2 Å². The van der Waals surface area contributed by atoms with Crippen molar-refractivity contribution in [1.29, 1.82) is 0 Å². The summed E-state index contributed by atoms with van der Waals surface area (Å²) in [6.45, 7) is 2.04. The summed E-state index contributed by atoms with van der Waals surface area (Å²) in [7, 11) is 1.98. The van der Waals surface area contributed by atoms with Crippen LogP contribution >= 0.6 is 23.1 Å². The lowest BCUT2D eigenvalue weighted by Gasteiger charge is -2.34. The molecule has 0 amide bonds. The predicted octanol–water partition coefficient (Wildman–Crippen LogP) is 3.32. The molecular weight excluding hydrogens is 312 g/mol. The number of benzene rings is 1. The number of hydrogen-bond donors (Lipinski definition) is 0. The minimum absolute atomic E-state index is 0.444. The Labute approximate surface area is 138 Å². The number of nitrogens with zero attached hydrogens (tertiary/aromatic N) is 4. The van der Waals surface area contributed by atoms with E-state index in [1.165, 1.54) is 21.0 Å². The lowest BCUT2D eigenvalue weighted by molar-refractivity contribution is 0.212. The third kappa shape index (κ3) is 2.78. The van der Waals surface area contributed by atoms with Crippen molar-refractivity contribution in [3.8, 4) is 0 Å². The van der Waals surface area contributed by atoms with Gasteiger partial charge in [-0.25, -0.2) is 4.98 Å². The first-order valence-electron chi connectivity index (χ1n) is 7.44. The maximum atomic E-state index is 4.79. The Balaban J connectivity index is 1.59. The quantitative estimate of drug-likeness (QED) is 0.738. The number of fused-ring (bicyclic) bond motifs is 1. The van der Waals surface area contributed by atoms with E-state index in [4.69, 9.17) is 4.98 Å². The van der Waals surface area contributed by atoms with Crippen LogP contribution in [0.4, 0.5) is 0 Å². The summed E-state index contributed by atoms with van der Waals surface area (Å²) in [4.78, 5) is 7.34. The second-order valence-corrected chi connectivity index (χ2v) is 7.85. The second-order valence-electron chi connectivity index (χ2n) is 5.58. The van der Waals surface area contributed by atoms with E-state index in [-0.39, 0.29) is 0 Å². The Morgan fingerprint density at radius 1 is 1.32 bits per heavy atom. The summed E-state index contributed by atoms with van der Waals surface area (Å²) >= 11 is 3.84. The molecule has 3 aromatic rings. The van der Waals surface area contributed by atoms with Crippen LogP contribution in [0.15, 0.2) is 36.7 Å². The molecule has 0 unspecified atom stereocenters. The predicted molar refractivity (Wildman–Crippen MR) is 93.3 cm³/mol. The summed E-state index contributed by atoms with van der Waals surface area (Å²) in [6, 6.07) is 8.84. The van der Waals surface area contributed by atoms with Crippen LogP contribution < -0.4 is 0 Å². The van der Waals surface area contributed by atoms with Gasteiger partial charge in [0.25, 0.3) is 0 Å². The molecule has 0 saturated carbocycles. The van der Waals surface area contributed by atoms with Crippen molar-refractivity contribution in [3.63, 3.8) is 0 Å². The zero-order valence-corrected chi connectivity index (χ0v) is 14.1. The highest BCUT2D eigenvalue weighted by atomic mass is 32.2. The number of thioether (sulfide) groups is 1. The normalized spacial score (nSPS) is 19.8. The van der Waals surface area contributed by atoms with Gasteiger partial charge in [-0.1, -0.05) is 12.1 Å². The van der Waals surface area contributed by atoms with Gasteiger partial charge in [0.1, 0.15) is 5.01 Å². The fourth-order valence-corrected chi connectivity index (χ4v) is 5.06. The molecule has 0 bridgehead atoms. The third-order valence-electron chi connectivity index (χ3n) is 4.03. The second kappa shape index (κ2) is 6.02. The average molecular weight is 330 g/mol. The maximum Gasteiger partial charge on any atom is 0.108 e. The number of hydrogen-bond acceptors (Lipinski definition) is 5. The summed E-state index contributed by atoms with van der Waals surface area (Å²) in [5, 5.41) is 5.55. The van der Waals surface area contributed by atoms with Gasteiger partial charge in [-0.2, -0.15) is 16.9 Å². The Morgan fingerprint density at radius 2 is 2.23 bits per heavy atom. The highest BCUT2D eigenvalue weighted by molar-refractivity contribution is 7.99. The van der Waals surface area contributed by atoms with Gasteiger partial charge in [-0.05, 0) is 12.1 Å². The van der Waals surface area contributed by atoms with Crippen LogP contribution in [-0.4, -0.2) is 37.7 Å². The molecule has 1 atom stereocenters. The van der Waals surface area contributed by atoms with Crippen LogP contribution in [0, 0.1) is 0 Å². The standard InChI is InChI=1S/C16H18N4S2/c1-19-9-12(8-17-19)14-11-21-7-6-20(14)10-16-18-13-4-2-3-5-15(13)22-16/h2-5,8-9,14H,6-7,10-11H2,1H3/t14-/m1/s1. The molecular formula is C16H18N4S2. The number of aromatic nitrogens is 3. The molecule has 4 rings (SSSR count). The van der Waals surface area contributed by atoms with E-state index >= 15 is 0 Å². The molecule has 1 aliphatic rings. The van der Waals surface area contributed by atoms with Crippen LogP contribution in [0.3, 0.4) is 0 Å². The topological polar surface area (TPSA) is 34.0 Å². The van der Waals surface area contributed by atoms with E-state index in [9.17, 15) is 0 Å². The van der Waals surface area contributed by atoms with Crippen molar-refractivity contribution in [2.24, 2.45) is 7.05 Å². The number of thiazole rings is 1. The SMILES string of the molecule is Cn1cc([C@H]2CSCCN2Cc2nc3ccccc3s2)cn1. The molecule has 0 radical (unpaired) electrons. The van der Waals surface area contributed by atoms with Gasteiger partial charge in [0.15, 0.2) is 0 Å². The van der Waals surface area contributed by atoms with Crippen LogP contribution in [0.1, 0.15) is 16.6 Å². The summed E-state index contributed by atoms with van der Waals surface area (Å²) in [6.07, 6.45) is 4.14. The van der Waals surface area contributed by atoms with E-state index in [0.29, 0.717) is 6.04 Å².